The standard InChI is InChI=1S/C17H15F2N3O3/c1-24-11-6-10(7-12(8-11)25-2)20-17(23)9-3-4-13-14(5-9)22-16(21-13)15(18)19/h3-8,15H,1-2H3,(H,20,23)(H,21,22). The van der Waals surface area contributed by atoms with Crippen molar-refractivity contribution in [3.8, 4) is 11.5 Å². The van der Waals surface area contributed by atoms with E-state index in [1.165, 1.54) is 32.4 Å². The first-order chi connectivity index (χ1) is 12.0. The van der Waals surface area contributed by atoms with Crippen molar-refractivity contribution in [2.24, 2.45) is 0 Å². The lowest BCUT2D eigenvalue weighted by molar-refractivity contribution is 0.102. The average Bonchev–Trinajstić information content (AvgIpc) is 3.04. The van der Waals surface area contributed by atoms with E-state index in [1.54, 1.807) is 18.2 Å². The second-order valence-electron chi connectivity index (χ2n) is 5.21. The molecule has 0 atom stereocenters. The fraction of sp³-hybridized carbons (Fsp3) is 0.176. The molecule has 0 fully saturated rings. The van der Waals surface area contributed by atoms with Crippen LogP contribution >= 0.6 is 0 Å². The topological polar surface area (TPSA) is 76.2 Å². The maximum Gasteiger partial charge on any atom is 0.295 e. The molecule has 1 aromatic heterocycles. The summed E-state index contributed by atoms with van der Waals surface area (Å²) in [5.74, 6) is 0.232. The van der Waals surface area contributed by atoms with Crippen LogP contribution in [0.25, 0.3) is 11.0 Å². The number of hydrogen-bond donors (Lipinski definition) is 2. The first-order valence-electron chi connectivity index (χ1n) is 7.32. The Morgan fingerprint density at radius 2 is 1.80 bits per heavy atom. The Hall–Kier alpha value is -3.16. The van der Waals surface area contributed by atoms with Crippen LogP contribution in [0, 0.1) is 0 Å². The van der Waals surface area contributed by atoms with E-state index in [1.807, 2.05) is 0 Å². The van der Waals surface area contributed by atoms with Gasteiger partial charge in [0.25, 0.3) is 12.3 Å². The number of H-pyrrole nitrogens is 1. The van der Waals surface area contributed by atoms with Crippen LogP contribution in [0.3, 0.4) is 0 Å². The number of benzene rings is 2. The van der Waals surface area contributed by atoms with Crippen molar-refractivity contribution in [3.63, 3.8) is 0 Å². The molecule has 0 saturated heterocycles. The van der Waals surface area contributed by atoms with Crippen molar-refractivity contribution in [1.29, 1.82) is 0 Å². The minimum absolute atomic E-state index is 0.304. The zero-order valence-electron chi connectivity index (χ0n) is 13.5. The van der Waals surface area contributed by atoms with E-state index in [0.717, 1.165) is 0 Å². The van der Waals surface area contributed by atoms with E-state index in [9.17, 15) is 13.6 Å². The minimum atomic E-state index is -2.70. The zero-order chi connectivity index (χ0) is 18.0. The summed E-state index contributed by atoms with van der Waals surface area (Å²) >= 11 is 0. The van der Waals surface area contributed by atoms with Gasteiger partial charge in [0.15, 0.2) is 5.82 Å². The predicted octanol–water partition coefficient (Wildman–Crippen LogP) is 3.77. The zero-order valence-corrected chi connectivity index (χ0v) is 13.5. The second-order valence-corrected chi connectivity index (χ2v) is 5.21. The molecule has 0 aliphatic heterocycles. The van der Waals surface area contributed by atoms with Crippen LogP contribution in [-0.2, 0) is 0 Å². The molecule has 2 N–H and O–H groups in total. The van der Waals surface area contributed by atoms with Crippen LogP contribution in [-0.4, -0.2) is 30.1 Å². The fourth-order valence-corrected chi connectivity index (χ4v) is 2.36. The highest BCUT2D eigenvalue weighted by Gasteiger charge is 2.14. The summed E-state index contributed by atoms with van der Waals surface area (Å²) in [6.07, 6.45) is -2.70. The number of fused-ring (bicyclic) bond motifs is 1. The summed E-state index contributed by atoms with van der Waals surface area (Å²) < 4.78 is 35.7. The summed E-state index contributed by atoms with van der Waals surface area (Å²) in [7, 11) is 3.01. The van der Waals surface area contributed by atoms with Gasteiger partial charge in [0.2, 0.25) is 0 Å². The normalized spacial score (nSPS) is 10.9. The molecule has 0 spiro atoms. The third-order valence-corrected chi connectivity index (χ3v) is 3.58. The van der Waals surface area contributed by atoms with Gasteiger partial charge in [-0.15, -0.1) is 0 Å². The average molecular weight is 347 g/mol. The Morgan fingerprint density at radius 1 is 1.12 bits per heavy atom. The first kappa shape index (κ1) is 16.7. The quantitative estimate of drug-likeness (QED) is 0.737. The number of imidazole rings is 1. The van der Waals surface area contributed by atoms with Crippen molar-refractivity contribution >= 4 is 22.6 Å². The van der Waals surface area contributed by atoms with Gasteiger partial charge in [-0.05, 0) is 18.2 Å². The molecule has 3 rings (SSSR count). The number of rotatable bonds is 5. The smallest absolute Gasteiger partial charge is 0.295 e. The molecule has 1 heterocycles. The third-order valence-electron chi connectivity index (χ3n) is 3.58. The van der Waals surface area contributed by atoms with Crippen LogP contribution in [0.15, 0.2) is 36.4 Å². The van der Waals surface area contributed by atoms with Crippen molar-refractivity contribution in [2.45, 2.75) is 6.43 Å². The summed E-state index contributed by atoms with van der Waals surface area (Å²) in [4.78, 5) is 18.7. The van der Waals surface area contributed by atoms with Gasteiger partial charge in [-0.1, -0.05) is 0 Å². The monoisotopic (exact) mass is 347 g/mol. The Morgan fingerprint density at radius 3 is 2.40 bits per heavy atom. The number of nitrogens with zero attached hydrogens (tertiary/aromatic N) is 1. The van der Waals surface area contributed by atoms with Crippen LogP contribution in [0.5, 0.6) is 11.5 Å². The Balaban J connectivity index is 1.87. The lowest BCUT2D eigenvalue weighted by Crippen LogP contribution is -2.12. The van der Waals surface area contributed by atoms with E-state index >= 15 is 0 Å². The number of hydrogen-bond acceptors (Lipinski definition) is 4. The van der Waals surface area contributed by atoms with E-state index in [-0.39, 0.29) is 0 Å². The number of halogens is 2. The molecule has 0 saturated carbocycles. The van der Waals surface area contributed by atoms with Crippen molar-refractivity contribution in [2.75, 3.05) is 19.5 Å². The molecule has 0 aliphatic rings. The van der Waals surface area contributed by atoms with Gasteiger partial charge in [0.05, 0.1) is 25.3 Å². The van der Waals surface area contributed by atoms with Crippen LogP contribution in [0.4, 0.5) is 14.5 Å². The van der Waals surface area contributed by atoms with Gasteiger partial charge in [0, 0.05) is 29.4 Å². The van der Waals surface area contributed by atoms with Crippen molar-refractivity contribution in [1.82, 2.24) is 9.97 Å². The molecule has 130 valence electrons. The number of carbonyl (C=O) groups excluding carboxylic acids is 1. The summed E-state index contributed by atoms with van der Waals surface area (Å²) in [6.45, 7) is 0. The van der Waals surface area contributed by atoms with Gasteiger partial charge in [-0.25, -0.2) is 13.8 Å². The molecule has 25 heavy (non-hydrogen) atoms. The number of anilines is 1. The fourth-order valence-electron chi connectivity index (χ4n) is 2.36. The molecular formula is C17H15F2N3O3. The van der Waals surface area contributed by atoms with E-state index in [0.29, 0.717) is 33.8 Å². The molecule has 0 radical (unpaired) electrons. The van der Waals surface area contributed by atoms with Gasteiger partial charge in [0.1, 0.15) is 11.5 Å². The maximum atomic E-state index is 12.7. The molecule has 0 bridgehead atoms. The largest absolute Gasteiger partial charge is 0.497 e. The molecular weight excluding hydrogens is 332 g/mol. The maximum absolute atomic E-state index is 12.7. The summed E-state index contributed by atoms with van der Waals surface area (Å²) in [6, 6.07) is 9.47. The number of nitrogens with one attached hydrogen (secondary N) is 2. The minimum Gasteiger partial charge on any atom is -0.497 e. The molecule has 3 aromatic rings. The third kappa shape index (κ3) is 3.52. The van der Waals surface area contributed by atoms with Gasteiger partial charge in [-0.3, -0.25) is 4.79 Å². The number of carbonyl (C=O) groups is 1. The van der Waals surface area contributed by atoms with Gasteiger partial charge >= 0.3 is 0 Å². The van der Waals surface area contributed by atoms with Crippen LogP contribution in [0.2, 0.25) is 0 Å². The second kappa shape index (κ2) is 6.76. The molecule has 2 aromatic carbocycles. The van der Waals surface area contributed by atoms with Crippen LogP contribution < -0.4 is 14.8 Å². The Bertz CT molecular complexity index is 902. The van der Waals surface area contributed by atoms with Gasteiger partial charge in [-0.2, -0.15) is 0 Å². The number of amides is 1. The summed E-state index contributed by atoms with van der Waals surface area (Å²) in [5, 5.41) is 2.72. The van der Waals surface area contributed by atoms with Crippen molar-refractivity contribution < 1.29 is 23.0 Å². The lowest BCUT2D eigenvalue weighted by atomic mass is 10.2. The molecule has 0 unspecified atom stereocenters. The Kier molecular flexibility index (Phi) is 4.51. The molecule has 1 amide bonds. The van der Waals surface area contributed by atoms with E-state index in [4.69, 9.17) is 9.47 Å². The van der Waals surface area contributed by atoms with E-state index in [2.05, 4.69) is 15.3 Å². The highest BCUT2D eigenvalue weighted by molar-refractivity contribution is 6.06. The molecule has 8 heteroatoms. The van der Waals surface area contributed by atoms with Gasteiger partial charge < -0.3 is 19.8 Å². The Labute approximate surface area is 141 Å². The predicted molar refractivity (Wildman–Crippen MR) is 88.5 cm³/mol. The first-order valence-corrected chi connectivity index (χ1v) is 7.32. The van der Waals surface area contributed by atoms with E-state index < -0.39 is 18.2 Å². The van der Waals surface area contributed by atoms with Crippen molar-refractivity contribution in [3.05, 3.63) is 47.8 Å². The SMILES string of the molecule is COc1cc(NC(=O)c2ccc3nc(C(F)F)[nH]c3c2)cc(OC)c1. The highest BCUT2D eigenvalue weighted by atomic mass is 19.3. The molecule has 6 nitrogen and oxygen atoms in total. The van der Waals surface area contributed by atoms with Crippen LogP contribution in [0.1, 0.15) is 22.6 Å². The number of ether oxygens (including phenoxy) is 2. The number of methoxy groups -OCH3 is 2. The highest BCUT2D eigenvalue weighted by Crippen LogP contribution is 2.26. The summed E-state index contributed by atoms with van der Waals surface area (Å²) in [5.41, 5.74) is 1.53. The number of alkyl halides is 2. The number of aromatic nitrogens is 2. The number of aromatic amines is 1. The lowest BCUT2D eigenvalue weighted by Gasteiger charge is -2.10. The molecule has 0 aliphatic carbocycles.